The van der Waals surface area contributed by atoms with Gasteiger partial charge in [0.2, 0.25) is 5.91 Å². The van der Waals surface area contributed by atoms with Gasteiger partial charge in [-0.05, 0) is 24.6 Å². The number of halogens is 5. The third-order valence-corrected chi connectivity index (χ3v) is 4.51. The van der Waals surface area contributed by atoms with Gasteiger partial charge in [0.25, 0.3) is 0 Å². The largest absolute Gasteiger partial charge is 0.421 e. The molecule has 1 aromatic carbocycles. The molecule has 1 amide bonds. The van der Waals surface area contributed by atoms with Crippen LogP contribution >= 0.6 is 11.6 Å². The molecule has 160 valence electrons. The Kier molecular flexibility index (Phi) is 9.09. The van der Waals surface area contributed by atoms with E-state index in [4.69, 9.17) is 16.4 Å². The maximum atomic E-state index is 13.4. The van der Waals surface area contributed by atoms with Crippen LogP contribution in [0.4, 0.5) is 23.2 Å². The number of likely N-dealkylation sites (tertiary alicyclic amines) is 1. The second-order valence-electron chi connectivity index (χ2n) is 6.06. The van der Waals surface area contributed by atoms with E-state index in [0.717, 1.165) is 12.1 Å². The van der Waals surface area contributed by atoms with Gasteiger partial charge < -0.3 is 15.0 Å². The van der Waals surface area contributed by atoms with Crippen LogP contribution in [0.1, 0.15) is 12.0 Å². The third kappa shape index (κ3) is 6.74. The lowest BCUT2D eigenvalue weighted by Crippen LogP contribution is -2.27. The lowest BCUT2D eigenvalue weighted by Gasteiger charge is -2.17. The van der Waals surface area contributed by atoms with Crippen molar-refractivity contribution in [3.63, 3.8) is 0 Å². The molecule has 0 unspecified atom stereocenters. The van der Waals surface area contributed by atoms with E-state index in [1.807, 2.05) is 6.79 Å². The predicted octanol–water partition coefficient (Wildman–Crippen LogP) is 3.62. The number of carbonyl (C=O) groups is 2. The number of nitrogens with one attached hydrogen (secondary N) is 1. The summed E-state index contributed by atoms with van der Waals surface area (Å²) in [5.74, 6) is -1.80. The summed E-state index contributed by atoms with van der Waals surface area (Å²) in [6, 6.07) is 4.87. The van der Waals surface area contributed by atoms with E-state index in [2.05, 4.69) is 10.4 Å². The molecule has 1 saturated heterocycles. The highest BCUT2D eigenvalue weighted by molar-refractivity contribution is 6.29. The molecule has 0 radical (unpaired) electrons. The maximum Gasteiger partial charge on any atom is 0.421 e. The van der Waals surface area contributed by atoms with Crippen molar-refractivity contribution >= 4 is 30.0 Å². The van der Waals surface area contributed by atoms with E-state index >= 15 is 0 Å². The number of hydrogen-bond donors (Lipinski definition) is 1. The molecule has 1 aliphatic heterocycles. The summed E-state index contributed by atoms with van der Waals surface area (Å²) in [5.41, 5.74) is -1.65. The Balaban J connectivity index is 0.000000390. The first kappa shape index (κ1) is 24.4. The molecule has 2 heterocycles. The summed E-state index contributed by atoms with van der Waals surface area (Å²) in [6.45, 7) is 2.65. The van der Waals surface area contributed by atoms with Gasteiger partial charge in [-0.1, -0.05) is 17.7 Å². The zero-order chi connectivity index (χ0) is 22.2. The molecule has 29 heavy (non-hydrogen) atoms. The number of carbonyl (C=O) groups excluding carboxylic acids is 2. The van der Waals surface area contributed by atoms with Gasteiger partial charge in [-0.15, -0.1) is 0 Å². The van der Waals surface area contributed by atoms with Crippen LogP contribution in [0.15, 0.2) is 30.5 Å². The molecule has 6 nitrogen and oxygen atoms in total. The number of hydrogen-bond acceptors (Lipinski definition) is 4. The van der Waals surface area contributed by atoms with Crippen LogP contribution in [0.25, 0.3) is 0 Å². The predicted molar refractivity (Wildman–Crippen MR) is 101 cm³/mol. The molecule has 2 aromatic rings. The van der Waals surface area contributed by atoms with Crippen molar-refractivity contribution in [1.29, 1.82) is 0 Å². The number of nitrogens with zero attached hydrogens (tertiary/aromatic N) is 3. The molecular formula is C18H21ClF4N4O2. The van der Waals surface area contributed by atoms with Crippen molar-refractivity contribution < 1.29 is 27.2 Å². The Hall–Kier alpha value is -2.62. The lowest BCUT2D eigenvalue weighted by molar-refractivity contribution is -0.139. The van der Waals surface area contributed by atoms with Crippen molar-refractivity contribution in [2.24, 2.45) is 13.0 Å². The quantitative estimate of drug-likeness (QED) is 0.746. The first-order chi connectivity index (χ1) is 13.6. The van der Waals surface area contributed by atoms with E-state index in [1.54, 1.807) is 31.0 Å². The molecule has 1 fully saturated rings. The Labute approximate surface area is 170 Å². The Morgan fingerprint density at radius 1 is 1.28 bits per heavy atom. The first-order valence-electron chi connectivity index (χ1n) is 8.38. The molecule has 1 aromatic heterocycles. The monoisotopic (exact) mass is 436 g/mol. The molecule has 0 aliphatic carbocycles. The summed E-state index contributed by atoms with van der Waals surface area (Å²) in [5, 5.41) is 7.01. The summed E-state index contributed by atoms with van der Waals surface area (Å²) >= 11 is 5.52. The van der Waals surface area contributed by atoms with E-state index in [1.165, 1.54) is 11.0 Å². The first-order valence-corrected chi connectivity index (χ1v) is 8.76. The SMILES string of the molecule is C=O.CN1CC[C@@H](CNc2cccc(F)c2C(F)(F)F)C1=O.Cn1nccc1Cl. The van der Waals surface area contributed by atoms with Crippen molar-refractivity contribution in [1.82, 2.24) is 14.7 Å². The van der Waals surface area contributed by atoms with Crippen LogP contribution in [0.2, 0.25) is 5.15 Å². The minimum absolute atomic E-state index is 0.0652. The van der Waals surface area contributed by atoms with Crippen LogP contribution < -0.4 is 5.32 Å². The number of anilines is 1. The van der Waals surface area contributed by atoms with Gasteiger partial charge in [0.05, 0.1) is 12.1 Å². The number of amides is 1. The van der Waals surface area contributed by atoms with E-state index in [9.17, 15) is 22.4 Å². The topological polar surface area (TPSA) is 67.2 Å². The van der Waals surface area contributed by atoms with Crippen molar-refractivity contribution in [2.75, 3.05) is 25.5 Å². The Morgan fingerprint density at radius 2 is 1.93 bits per heavy atom. The minimum Gasteiger partial charge on any atom is -0.384 e. The molecule has 11 heteroatoms. The average Bonchev–Trinajstić information content (AvgIpc) is 3.19. The lowest BCUT2D eigenvalue weighted by atomic mass is 10.1. The minimum atomic E-state index is -4.77. The zero-order valence-corrected chi connectivity index (χ0v) is 16.6. The summed E-state index contributed by atoms with van der Waals surface area (Å²) in [7, 11) is 3.44. The number of rotatable bonds is 3. The van der Waals surface area contributed by atoms with Crippen LogP contribution in [0.3, 0.4) is 0 Å². The molecule has 3 rings (SSSR count). The molecule has 1 aliphatic rings. The Morgan fingerprint density at radius 3 is 2.34 bits per heavy atom. The average molecular weight is 437 g/mol. The van der Waals surface area contributed by atoms with Gasteiger partial charge in [-0.2, -0.15) is 18.3 Å². The number of aryl methyl sites for hydroxylation is 1. The number of benzene rings is 1. The van der Waals surface area contributed by atoms with Gasteiger partial charge in [0, 0.05) is 32.9 Å². The molecule has 1 atom stereocenters. The second-order valence-corrected chi connectivity index (χ2v) is 6.45. The molecule has 0 bridgehead atoms. The standard InChI is InChI=1S/C13H14F4N2O.C4H5ClN2.CH2O/c1-19-6-5-8(12(19)20)7-18-10-4-2-3-9(14)11(10)13(15,16)17;1-7-4(5)2-3-6-7;1-2/h2-4,8,18H,5-7H2,1H3;2-3H,1H3;1H2/t8-;;/m0../s1. The van der Waals surface area contributed by atoms with Gasteiger partial charge in [0.1, 0.15) is 23.3 Å². The fraction of sp³-hybridized carbons (Fsp3) is 0.389. The normalized spacial score (nSPS) is 15.9. The maximum absolute atomic E-state index is 13.4. The fourth-order valence-electron chi connectivity index (χ4n) is 2.63. The van der Waals surface area contributed by atoms with Crippen LogP contribution in [-0.4, -0.2) is 47.5 Å². The molecular weight excluding hydrogens is 416 g/mol. The highest BCUT2D eigenvalue weighted by Crippen LogP contribution is 2.36. The van der Waals surface area contributed by atoms with Crippen LogP contribution in [0, 0.1) is 11.7 Å². The summed E-state index contributed by atoms with van der Waals surface area (Å²) < 4.78 is 53.3. The number of alkyl halides is 3. The molecule has 0 saturated carbocycles. The van der Waals surface area contributed by atoms with Crippen molar-refractivity contribution in [3.8, 4) is 0 Å². The van der Waals surface area contributed by atoms with Gasteiger partial charge in [0.15, 0.2) is 0 Å². The summed E-state index contributed by atoms with van der Waals surface area (Å²) in [4.78, 5) is 21.2. The van der Waals surface area contributed by atoms with Gasteiger partial charge in [-0.25, -0.2) is 4.39 Å². The van der Waals surface area contributed by atoms with Crippen molar-refractivity contribution in [3.05, 3.63) is 47.0 Å². The highest BCUT2D eigenvalue weighted by Gasteiger charge is 2.37. The van der Waals surface area contributed by atoms with E-state index in [-0.39, 0.29) is 24.1 Å². The smallest absolute Gasteiger partial charge is 0.384 e. The zero-order valence-electron chi connectivity index (χ0n) is 15.8. The third-order valence-electron chi connectivity index (χ3n) is 4.14. The van der Waals surface area contributed by atoms with Gasteiger partial charge in [-0.3, -0.25) is 9.48 Å². The van der Waals surface area contributed by atoms with Gasteiger partial charge >= 0.3 is 6.18 Å². The van der Waals surface area contributed by atoms with E-state index in [0.29, 0.717) is 18.1 Å². The van der Waals surface area contributed by atoms with Crippen molar-refractivity contribution in [2.45, 2.75) is 12.6 Å². The van der Waals surface area contributed by atoms with E-state index < -0.39 is 17.6 Å². The highest BCUT2D eigenvalue weighted by atomic mass is 35.5. The fourth-order valence-corrected chi connectivity index (χ4v) is 2.73. The molecule has 0 spiro atoms. The van der Waals surface area contributed by atoms with Crippen LogP contribution in [-0.2, 0) is 22.8 Å². The molecule has 1 N–H and O–H groups in total. The second kappa shape index (κ2) is 10.8. The summed E-state index contributed by atoms with van der Waals surface area (Å²) in [6.07, 6.45) is -2.54. The Bertz CT molecular complexity index is 797. The van der Waals surface area contributed by atoms with Crippen LogP contribution in [0.5, 0.6) is 0 Å². The number of aromatic nitrogens is 2.